The molecule has 3 aromatic rings. The lowest BCUT2D eigenvalue weighted by Gasteiger charge is -2.21. The molecule has 32 heavy (non-hydrogen) atoms. The Morgan fingerprint density at radius 3 is 2.56 bits per heavy atom. The van der Waals surface area contributed by atoms with Crippen LogP contribution >= 0.6 is 0 Å². The van der Waals surface area contributed by atoms with Crippen LogP contribution in [0.5, 0.6) is 0 Å². The highest BCUT2D eigenvalue weighted by Gasteiger charge is 2.34. The molecule has 1 unspecified atom stereocenters. The molecule has 4 rings (SSSR count). The van der Waals surface area contributed by atoms with Gasteiger partial charge in [-0.1, -0.05) is 6.07 Å². The minimum Gasteiger partial charge on any atom is -0.441 e. The monoisotopic (exact) mass is 455 g/mol. The Hall–Kier alpha value is -3.37. The van der Waals surface area contributed by atoms with Crippen LogP contribution in [-0.2, 0) is 18.8 Å². The number of hydrogen-bond acceptors (Lipinski definition) is 4. The first-order chi connectivity index (χ1) is 15.0. The highest BCUT2D eigenvalue weighted by atomic mass is 19.4. The topological polar surface area (TPSA) is 68.0 Å². The standard InChI is InChI=1S/C21H15F6N3O2/c22-20(23,24)13-4-1-3-11(9-13)18(31)29-14-5-2-6-15-17(14)30-19(32-15)12-7-8-28-16(10-12)21(25,26)27/h1,3-4,7-10,14H,2,5-6H2,(H,29,31). The third kappa shape index (κ3) is 4.46. The molecule has 0 aliphatic heterocycles. The third-order valence-corrected chi connectivity index (χ3v) is 5.01. The fraction of sp³-hybridized carbons (Fsp3) is 0.286. The number of oxazole rings is 1. The SMILES string of the molecule is O=C(NC1CCCc2oc(-c3ccnc(C(F)(F)F)c3)nc21)c1cccc(C(F)(F)F)c1. The lowest BCUT2D eigenvalue weighted by atomic mass is 9.96. The van der Waals surface area contributed by atoms with Crippen molar-refractivity contribution in [2.45, 2.75) is 37.7 Å². The summed E-state index contributed by atoms with van der Waals surface area (Å²) in [6, 6.07) is 5.50. The van der Waals surface area contributed by atoms with Crippen molar-refractivity contribution in [2.24, 2.45) is 0 Å². The van der Waals surface area contributed by atoms with Gasteiger partial charge >= 0.3 is 12.4 Å². The van der Waals surface area contributed by atoms with E-state index in [1.54, 1.807) is 0 Å². The molecule has 0 saturated heterocycles. The number of nitrogens with zero attached hydrogens (tertiary/aromatic N) is 2. The van der Waals surface area contributed by atoms with Crippen molar-refractivity contribution in [1.29, 1.82) is 0 Å². The molecule has 5 nitrogen and oxygen atoms in total. The summed E-state index contributed by atoms with van der Waals surface area (Å²) in [6.07, 6.45) is -6.71. The number of nitrogens with one attached hydrogen (secondary N) is 1. The largest absolute Gasteiger partial charge is 0.441 e. The molecule has 1 atom stereocenters. The van der Waals surface area contributed by atoms with Gasteiger partial charge in [-0.05, 0) is 43.2 Å². The Morgan fingerprint density at radius 1 is 1.06 bits per heavy atom. The number of aryl methyl sites for hydroxylation is 1. The number of alkyl halides is 6. The second-order valence-corrected chi connectivity index (χ2v) is 7.25. The van der Waals surface area contributed by atoms with Crippen LogP contribution in [0.15, 0.2) is 47.0 Å². The molecular weight excluding hydrogens is 440 g/mol. The van der Waals surface area contributed by atoms with Gasteiger partial charge in [-0.2, -0.15) is 26.3 Å². The van der Waals surface area contributed by atoms with Crippen molar-refractivity contribution < 1.29 is 35.6 Å². The Morgan fingerprint density at radius 2 is 1.84 bits per heavy atom. The molecule has 1 aliphatic carbocycles. The molecule has 1 amide bonds. The van der Waals surface area contributed by atoms with Gasteiger partial charge in [0.05, 0.1) is 11.6 Å². The Bertz CT molecular complexity index is 1150. The van der Waals surface area contributed by atoms with E-state index in [1.165, 1.54) is 12.1 Å². The van der Waals surface area contributed by atoms with Crippen LogP contribution in [0.4, 0.5) is 26.3 Å². The quantitative estimate of drug-likeness (QED) is 0.524. The van der Waals surface area contributed by atoms with Gasteiger partial charge < -0.3 is 9.73 Å². The van der Waals surface area contributed by atoms with Crippen molar-refractivity contribution in [1.82, 2.24) is 15.3 Å². The van der Waals surface area contributed by atoms with Crippen molar-refractivity contribution in [3.05, 3.63) is 70.9 Å². The van der Waals surface area contributed by atoms with Gasteiger partial charge in [0, 0.05) is 23.7 Å². The van der Waals surface area contributed by atoms with E-state index >= 15 is 0 Å². The zero-order valence-electron chi connectivity index (χ0n) is 16.2. The van der Waals surface area contributed by atoms with Crippen LogP contribution in [-0.4, -0.2) is 15.9 Å². The van der Waals surface area contributed by atoms with Gasteiger partial charge in [0.15, 0.2) is 0 Å². The van der Waals surface area contributed by atoms with Gasteiger partial charge in [-0.25, -0.2) is 4.98 Å². The summed E-state index contributed by atoms with van der Waals surface area (Å²) in [5, 5.41) is 2.65. The number of aromatic nitrogens is 2. The minimum absolute atomic E-state index is 0.0527. The number of carbonyl (C=O) groups excluding carboxylic acids is 1. The van der Waals surface area contributed by atoms with Crippen molar-refractivity contribution in [2.75, 3.05) is 0 Å². The number of hydrogen-bond donors (Lipinski definition) is 1. The number of carbonyl (C=O) groups is 1. The van der Waals surface area contributed by atoms with Gasteiger partial charge in [-0.15, -0.1) is 0 Å². The number of fused-ring (bicyclic) bond motifs is 1. The molecule has 0 saturated carbocycles. The van der Waals surface area contributed by atoms with E-state index in [9.17, 15) is 31.1 Å². The van der Waals surface area contributed by atoms with Gasteiger partial charge in [0.25, 0.3) is 5.91 Å². The lowest BCUT2D eigenvalue weighted by molar-refractivity contribution is -0.141. The third-order valence-electron chi connectivity index (χ3n) is 5.01. The average molecular weight is 455 g/mol. The lowest BCUT2D eigenvalue weighted by Crippen LogP contribution is -2.31. The first kappa shape index (κ1) is 21.8. The fourth-order valence-corrected chi connectivity index (χ4v) is 3.48. The second-order valence-electron chi connectivity index (χ2n) is 7.25. The van der Waals surface area contributed by atoms with E-state index in [0.29, 0.717) is 30.7 Å². The zero-order chi connectivity index (χ0) is 23.1. The van der Waals surface area contributed by atoms with E-state index in [1.807, 2.05) is 0 Å². The smallest absolute Gasteiger partial charge is 0.433 e. The number of halogens is 6. The second kappa shape index (κ2) is 7.95. The zero-order valence-corrected chi connectivity index (χ0v) is 16.2. The van der Waals surface area contributed by atoms with Gasteiger partial charge in [0.1, 0.15) is 17.1 Å². The molecule has 1 N–H and O–H groups in total. The van der Waals surface area contributed by atoms with Crippen molar-refractivity contribution in [3.8, 4) is 11.5 Å². The predicted octanol–water partition coefficient (Wildman–Crippen LogP) is 5.58. The molecule has 11 heteroatoms. The molecule has 168 valence electrons. The molecule has 0 fully saturated rings. The van der Waals surface area contributed by atoms with Crippen LogP contribution < -0.4 is 5.32 Å². The van der Waals surface area contributed by atoms with E-state index in [2.05, 4.69) is 15.3 Å². The highest BCUT2D eigenvalue weighted by Crippen LogP contribution is 2.35. The predicted molar refractivity (Wildman–Crippen MR) is 99.3 cm³/mol. The minimum atomic E-state index is -4.64. The normalized spacial score (nSPS) is 16.5. The number of benzene rings is 1. The fourth-order valence-electron chi connectivity index (χ4n) is 3.48. The van der Waals surface area contributed by atoms with Crippen LogP contribution in [0.1, 0.15) is 52.0 Å². The molecule has 2 heterocycles. The van der Waals surface area contributed by atoms with Crippen molar-refractivity contribution >= 4 is 5.91 Å². The van der Waals surface area contributed by atoms with Gasteiger partial charge in [-0.3, -0.25) is 9.78 Å². The van der Waals surface area contributed by atoms with E-state index in [-0.39, 0.29) is 17.0 Å². The summed E-state index contributed by atoms with van der Waals surface area (Å²) >= 11 is 0. The number of rotatable bonds is 3. The highest BCUT2D eigenvalue weighted by molar-refractivity contribution is 5.94. The molecule has 1 aliphatic rings. The molecular formula is C21H15F6N3O2. The van der Waals surface area contributed by atoms with Crippen LogP contribution in [0.2, 0.25) is 0 Å². The molecule has 2 aromatic heterocycles. The first-order valence-electron chi connectivity index (χ1n) is 9.54. The number of pyridine rings is 1. The van der Waals surface area contributed by atoms with Crippen molar-refractivity contribution in [3.63, 3.8) is 0 Å². The summed E-state index contributed by atoms with van der Waals surface area (Å²) < 4.78 is 83.3. The maximum Gasteiger partial charge on any atom is 0.433 e. The average Bonchev–Trinajstić information content (AvgIpc) is 3.18. The summed E-state index contributed by atoms with van der Waals surface area (Å²) in [4.78, 5) is 20.1. The maximum absolute atomic E-state index is 12.9. The van der Waals surface area contributed by atoms with Gasteiger partial charge in [0.2, 0.25) is 5.89 Å². The maximum atomic E-state index is 12.9. The van der Waals surface area contributed by atoms with Crippen LogP contribution in [0.3, 0.4) is 0 Å². The van der Waals surface area contributed by atoms with Crippen LogP contribution in [0.25, 0.3) is 11.5 Å². The molecule has 0 radical (unpaired) electrons. The first-order valence-corrected chi connectivity index (χ1v) is 9.54. The van der Waals surface area contributed by atoms with E-state index < -0.39 is 35.6 Å². The van der Waals surface area contributed by atoms with Crippen LogP contribution in [0, 0.1) is 0 Å². The molecule has 0 spiro atoms. The molecule has 0 bridgehead atoms. The van der Waals surface area contributed by atoms with E-state index in [0.717, 1.165) is 30.5 Å². The molecule has 1 aromatic carbocycles. The Kier molecular flexibility index (Phi) is 5.43. The summed E-state index contributed by atoms with van der Waals surface area (Å²) in [5.74, 6) is -0.365. The Labute approximate surface area is 177 Å². The summed E-state index contributed by atoms with van der Waals surface area (Å²) in [7, 11) is 0. The summed E-state index contributed by atoms with van der Waals surface area (Å²) in [5.41, 5.74) is -1.79. The number of amides is 1. The summed E-state index contributed by atoms with van der Waals surface area (Å²) in [6.45, 7) is 0. The Balaban J connectivity index is 1.59. The van der Waals surface area contributed by atoms with E-state index in [4.69, 9.17) is 4.42 Å².